The number of allylic oxidation sites excluding steroid dienone is 1. The minimum absolute atomic E-state index is 0.0592. The van der Waals surface area contributed by atoms with Crippen molar-refractivity contribution >= 4 is 10.1 Å². The van der Waals surface area contributed by atoms with Gasteiger partial charge in [0, 0.05) is 31.1 Å². The van der Waals surface area contributed by atoms with Crippen LogP contribution in [0.25, 0.3) is 0 Å². The molecule has 1 aliphatic rings. The van der Waals surface area contributed by atoms with Crippen LogP contribution in [0, 0.1) is 5.92 Å². The zero-order valence-corrected chi connectivity index (χ0v) is 17.9. The number of H-pyrrole nitrogens is 1. The lowest BCUT2D eigenvalue weighted by Crippen LogP contribution is -2.36. The second-order valence-corrected chi connectivity index (χ2v) is 8.91. The fraction of sp³-hybridized carbons (Fsp3) is 0.500. The first-order chi connectivity index (χ1) is 14.1. The Balaban J connectivity index is 1.80. The molecule has 12 heteroatoms. The van der Waals surface area contributed by atoms with Crippen LogP contribution in [0.15, 0.2) is 50.5 Å². The van der Waals surface area contributed by atoms with Crippen molar-refractivity contribution in [2.45, 2.75) is 44.5 Å². The quantitative estimate of drug-likeness (QED) is 0.590. The Morgan fingerprint density at radius 3 is 2.70 bits per heavy atom. The van der Waals surface area contributed by atoms with Gasteiger partial charge in [-0.2, -0.15) is 13.5 Å². The maximum Gasteiger partial charge on any atom is 0.331 e. The van der Waals surface area contributed by atoms with Crippen molar-refractivity contribution in [1.29, 1.82) is 0 Å². The molecule has 1 unspecified atom stereocenters. The number of nitrogens with zero attached hydrogens (tertiary/aromatic N) is 3. The first-order valence-corrected chi connectivity index (χ1v) is 10.7. The molecule has 2 atom stereocenters. The normalized spacial score (nSPS) is 19.5. The molecule has 0 radical (unpaired) electrons. The van der Waals surface area contributed by atoms with Crippen LogP contribution in [0.2, 0.25) is 0 Å². The van der Waals surface area contributed by atoms with Gasteiger partial charge in [-0.3, -0.25) is 23.2 Å². The van der Waals surface area contributed by atoms with Gasteiger partial charge in [0.05, 0.1) is 19.3 Å². The summed E-state index contributed by atoms with van der Waals surface area (Å²) in [5, 5.41) is 4.07. The number of rotatable bonds is 8. The van der Waals surface area contributed by atoms with E-state index in [1.165, 1.54) is 41.0 Å². The van der Waals surface area contributed by atoms with Gasteiger partial charge in [-0.25, -0.2) is 4.79 Å². The summed E-state index contributed by atoms with van der Waals surface area (Å²) in [6, 6.07) is 1.21. The van der Waals surface area contributed by atoms with Crippen LogP contribution in [0.1, 0.15) is 27.0 Å². The maximum absolute atomic E-state index is 12.2. The van der Waals surface area contributed by atoms with Gasteiger partial charge in [0.25, 0.3) is 15.7 Å². The number of methoxy groups -OCH3 is 1. The molecule has 164 valence electrons. The summed E-state index contributed by atoms with van der Waals surface area (Å²) in [4.78, 5) is 25.6. The van der Waals surface area contributed by atoms with E-state index in [1.807, 2.05) is 13.8 Å². The summed E-state index contributed by atoms with van der Waals surface area (Å²) in [6.45, 7) is 5.68. The van der Waals surface area contributed by atoms with Crippen LogP contribution in [-0.2, 0) is 30.3 Å². The zero-order chi connectivity index (χ0) is 22.1. The van der Waals surface area contributed by atoms with Crippen LogP contribution in [0.5, 0.6) is 0 Å². The largest absolute Gasteiger partial charge is 0.469 e. The van der Waals surface area contributed by atoms with E-state index in [-0.39, 0.29) is 24.0 Å². The van der Waals surface area contributed by atoms with Gasteiger partial charge in [-0.05, 0) is 12.8 Å². The van der Waals surface area contributed by atoms with Crippen LogP contribution in [0.4, 0.5) is 0 Å². The van der Waals surface area contributed by atoms with E-state index < -0.39 is 33.7 Å². The summed E-state index contributed by atoms with van der Waals surface area (Å²) in [7, 11) is -2.42. The highest BCUT2D eigenvalue weighted by atomic mass is 32.2. The van der Waals surface area contributed by atoms with Crippen LogP contribution in [-0.4, -0.2) is 47.6 Å². The highest BCUT2D eigenvalue weighted by Crippen LogP contribution is 2.34. The molecule has 1 aliphatic heterocycles. The number of nitrogens with one attached hydrogen (secondary N) is 1. The third-order valence-electron chi connectivity index (χ3n) is 4.53. The number of ether oxygens (including phenoxy) is 2. The monoisotopic (exact) mass is 440 g/mol. The lowest BCUT2D eigenvalue weighted by Gasteiger charge is -2.20. The van der Waals surface area contributed by atoms with Crippen molar-refractivity contribution in [3.63, 3.8) is 0 Å². The van der Waals surface area contributed by atoms with Crippen LogP contribution < -0.4 is 11.2 Å². The number of hydrogen-bond donors (Lipinski definition) is 1. The second kappa shape index (κ2) is 8.58. The topological polar surface area (TPSA) is 135 Å². The third kappa shape index (κ3) is 4.55. The SMILES string of the molecule is COC1C(C)=C(Cn2cc(S(=O)(=O)OCC(C)C)cn2)O[C@H]1n1ccc(=O)[nH]c1=O. The molecular weight excluding hydrogens is 416 g/mol. The minimum Gasteiger partial charge on any atom is -0.469 e. The zero-order valence-electron chi connectivity index (χ0n) is 17.1. The Bertz CT molecular complexity index is 1160. The predicted octanol–water partition coefficient (Wildman–Crippen LogP) is 0.612. The summed E-state index contributed by atoms with van der Waals surface area (Å²) in [5.74, 6) is 0.536. The first-order valence-electron chi connectivity index (χ1n) is 9.25. The molecule has 0 bridgehead atoms. The molecule has 30 heavy (non-hydrogen) atoms. The Labute approximate surface area is 173 Å². The summed E-state index contributed by atoms with van der Waals surface area (Å²) < 4.78 is 43.5. The lowest BCUT2D eigenvalue weighted by atomic mass is 10.1. The van der Waals surface area contributed by atoms with Crippen LogP contribution in [0.3, 0.4) is 0 Å². The molecule has 0 amide bonds. The first kappa shape index (κ1) is 22.0. The molecule has 11 nitrogen and oxygen atoms in total. The Hall–Kier alpha value is -2.70. The van der Waals surface area contributed by atoms with Crippen molar-refractivity contribution in [3.8, 4) is 0 Å². The third-order valence-corrected chi connectivity index (χ3v) is 5.76. The molecule has 0 aromatic carbocycles. The van der Waals surface area contributed by atoms with E-state index in [4.69, 9.17) is 13.7 Å². The molecule has 0 saturated heterocycles. The number of aromatic nitrogens is 4. The van der Waals surface area contributed by atoms with Gasteiger partial charge < -0.3 is 9.47 Å². The van der Waals surface area contributed by atoms with E-state index in [1.54, 1.807) is 6.92 Å². The average Bonchev–Trinajstić information content (AvgIpc) is 3.26. The van der Waals surface area contributed by atoms with E-state index >= 15 is 0 Å². The van der Waals surface area contributed by atoms with Gasteiger partial charge in [-0.1, -0.05) is 13.8 Å². The van der Waals surface area contributed by atoms with Crippen LogP contribution >= 0.6 is 0 Å². The average molecular weight is 440 g/mol. The molecule has 1 N–H and O–H groups in total. The predicted molar refractivity (Wildman–Crippen MR) is 105 cm³/mol. The van der Waals surface area contributed by atoms with Crippen molar-refractivity contribution in [1.82, 2.24) is 19.3 Å². The van der Waals surface area contributed by atoms with E-state index in [9.17, 15) is 18.0 Å². The highest BCUT2D eigenvalue weighted by Gasteiger charge is 2.36. The molecule has 3 rings (SSSR count). The van der Waals surface area contributed by atoms with Gasteiger partial charge in [0.2, 0.25) is 6.23 Å². The Morgan fingerprint density at radius 1 is 1.33 bits per heavy atom. The molecule has 0 fully saturated rings. The van der Waals surface area contributed by atoms with Crippen molar-refractivity contribution in [3.05, 3.63) is 56.8 Å². The molecular formula is C18H24N4O7S. The van der Waals surface area contributed by atoms with Gasteiger partial charge in [0.15, 0.2) is 0 Å². The van der Waals surface area contributed by atoms with E-state index in [2.05, 4.69) is 10.1 Å². The minimum atomic E-state index is -3.90. The Morgan fingerprint density at radius 2 is 2.07 bits per heavy atom. The van der Waals surface area contributed by atoms with Gasteiger partial charge >= 0.3 is 5.69 Å². The molecule has 2 aromatic rings. The fourth-order valence-corrected chi connectivity index (χ4v) is 3.97. The summed E-state index contributed by atoms with van der Waals surface area (Å²) >= 11 is 0. The van der Waals surface area contributed by atoms with Crippen molar-refractivity contribution in [2.75, 3.05) is 13.7 Å². The highest BCUT2D eigenvalue weighted by molar-refractivity contribution is 7.86. The smallest absolute Gasteiger partial charge is 0.331 e. The molecule has 0 spiro atoms. The van der Waals surface area contributed by atoms with Gasteiger partial charge in [0.1, 0.15) is 16.8 Å². The summed E-state index contributed by atoms with van der Waals surface area (Å²) in [5.41, 5.74) is -0.423. The molecule has 2 aromatic heterocycles. The molecule has 3 heterocycles. The Kier molecular flexibility index (Phi) is 6.29. The van der Waals surface area contributed by atoms with Crippen molar-refractivity contribution < 1.29 is 22.1 Å². The van der Waals surface area contributed by atoms with Gasteiger partial charge in [-0.15, -0.1) is 0 Å². The second-order valence-electron chi connectivity index (χ2n) is 7.29. The number of hydrogen-bond acceptors (Lipinski definition) is 8. The molecule has 0 aliphatic carbocycles. The lowest BCUT2D eigenvalue weighted by molar-refractivity contribution is -0.0282. The maximum atomic E-state index is 12.2. The molecule has 0 saturated carbocycles. The number of aromatic amines is 1. The standard InChI is InChI=1S/C18H24N4O7S/c1-11(2)10-28-30(25,26)13-7-19-21(8-13)9-14-12(3)16(27-4)17(29-14)22-6-5-15(23)20-18(22)24/h5-8,11,16-17H,9-10H2,1-4H3,(H,20,23,24)/t16?,17-/m1/s1. The van der Waals surface area contributed by atoms with Crippen molar-refractivity contribution in [2.24, 2.45) is 5.92 Å². The fourth-order valence-electron chi connectivity index (χ4n) is 2.96. The van der Waals surface area contributed by atoms with E-state index in [0.717, 1.165) is 5.57 Å². The summed E-state index contributed by atoms with van der Waals surface area (Å²) in [6.07, 6.45) is 2.50. The van der Waals surface area contributed by atoms with E-state index in [0.29, 0.717) is 5.76 Å².